The number of carbonyl (C=O) groups excluding carboxylic acids is 5. The van der Waals surface area contributed by atoms with Gasteiger partial charge in [0, 0.05) is 11.2 Å². The Kier molecular flexibility index (Phi) is 8.07. The number of hydrazine groups is 1. The second-order valence-electron chi connectivity index (χ2n) is 12.4. The molecular formula is C33H25Cl2F3N4O8. The number of carbonyl (C=O) groups is 5. The molecule has 4 aliphatic rings. The van der Waals surface area contributed by atoms with Crippen molar-refractivity contribution in [2.45, 2.75) is 37.0 Å². The smallest absolute Gasteiger partial charge is 0.423 e. The van der Waals surface area contributed by atoms with Crippen LogP contribution in [0.25, 0.3) is 0 Å². The first-order valence-electron chi connectivity index (χ1n) is 15.2. The summed E-state index contributed by atoms with van der Waals surface area (Å²) in [6.45, 7) is -0.503. The maximum Gasteiger partial charge on any atom is 0.423 e. The minimum Gasteiger partial charge on any atom is -0.463 e. The number of rotatable bonds is 5. The molecule has 2 aliphatic heterocycles. The number of halogens is 5. The maximum atomic E-state index is 15.0. The maximum absolute atomic E-state index is 15.0. The topological polar surface area (TPSA) is 159 Å². The van der Waals surface area contributed by atoms with Crippen molar-refractivity contribution in [3.8, 4) is 0 Å². The van der Waals surface area contributed by atoms with E-state index in [9.17, 15) is 37.5 Å². The average Bonchev–Trinajstić information content (AvgIpc) is 3.72. The molecule has 260 valence electrons. The van der Waals surface area contributed by atoms with E-state index < -0.39 is 93.9 Å². The van der Waals surface area contributed by atoms with Gasteiger partial charge in [-0.1, -0.05) is 47.0 Å². The standard InChI is InChI=1S/C33H25Cl2F3N4O8/c1-49-31(48)41-27(44)19-8-7-18-20(24(19)29(41)46)11-21-28(45)42(40-26-22(35)10-15(12-39-26)33(36,37)38)30(47)32(21,14-2-4-16(34)5-3-14)25(18)23-9-6-17(13-43)50-23/h2-7,9-10,12,19-21,24-25,43H,8,11,13H2,1H3,(H,39,40). The Morgan fingerprint density at radius 1 is 1.08 bits per heavy atom. The molecule has 0 radical (unpaired) electrons. The number of methoxy groups -OCH3 is 1. The fourth-order valence-electron chi connectivity index (χ4n) is 8.00. The van der Waals surface area contributed by atoms with E-state index in [1.807, 2.05) is 0 Å². The first kappa shape index (κ1) is 33.8. The van der Waals surface area contributed by atoms with Gasteiger partial charge in [0.25, 0.3) is 11.8 Å². The Hall–Kier alpha value is -4.73. The van der Waals surface area contributed by atoms with Crippen LogP contribution in [0.5, 0.6) is 0 Å². The van der Waals surface area contributed by atoms with E-state index in [0.29, 0.717) is 38.3 Å². The van der Waals surface area contributed by atoms with Crippen LogP contribution in [-0.2, 0) is 42.1 Å². The first-order valence-corrected chi connectivity index (χ1v) is 16.0. The van der Waals surface area contributed by atoms with Crippen molar-refractivity contribution in [2.24, 2.45) is 23.7 Å². The third-order valence-electron chi connectivity index (χ3n) is 10.0. The molecule has 2 N–H and O–H groups in total. The van der Waals surface area contributed by atoms with E-state index >= 15 is 4.79 Å². The average molecular weight is 733 g/mol. The van der Waals surface area contributed by atoms with Gasteiger partial charge in [0.1, 0.15) is 23.5 Å². The largest absolute Gasteiger partial charge is 0.463 e. The number of pyridine rings is 1. The van der Waals surface area contributed by atoms with E-state index in [4.69, 9.17) is 32.4 Å². The Bertz CT molecular complexity index is 2000. The number of nitrogens with one attached hydrogen (secondary N) is 1. The van der Waals surface area contributed by atoms with Crippen LogP contribution < -0.4 is 5.43 Å². The first-order chi connectivity index (χ1) is 23.7. The molecule has 2 saturated heterocycles. The molecule has 2 aromatic heterocycles. The molecule has 4 heterocycles. The Morgan fingerprint density at radius 2 is 1.80 bits per heavy atom. The summed E-state index contributed by atoms with van der Waals surface area (Å²) in [4.78, 5) is 73.4. The Labute approximate surface area is 290 Å². The van der Waals surface area contributed by atoms with Crippen LogP contribution in [0.3, 0.4) is 0 Å². The van der Waals surface area contributed by atoms with Gasteiger partial charge in [0.05, 0.1) is 41.4 Å². The molecule has 2 aliphatic carbocycles. The van der Waals surface area contributed by atoms with Crippen LogP contribution in [0.2, 0.25) is 10.0 Å². The van der Waals surface area contributed by atoms with Gasteiger partial charge in [0.15, 0.2) is 5.82 Å². The fourth-order valence-corrected chi connectivity index (χ4v) is 8.33. The molecule has 0 bridgehead atoms. The number of aliphatic hydroxyl groups is 1. The molecule has 1 aromatic carbocycles. The summed E-state index contributed by atoms with van der Waals surface area (Å²) in [5, 5.41) is 10.3. The number of amides is 5. The highest BCUT2D eigenvalue weighted by Crippen LogP contribution is 2.64. The van der Waals surface area contributed by atoms with E-state index in [0.717, 1.165) is 7.11 Å². The Morgan fingerprint density at radius 3 is 2.42 bits per heavy atom. The normalized spacial score (nSPS) is 27.6. The molecule has 1 saturated carbocycles. The van der Waals surface area contributed by atoms with E-state index in [1.54, 1.807) is 18.2 Å². The van der Waals surface area contributed by atoms with Crippen LogP contribution in [0.4, 0.5) is 23.8 Å². The second-order valence-corrected chi connectivity index (χ2v) is 13.2. The number of aromatic nitrogens is 1. The summed E-state index contributed by atoms with van der Waals surface area (Å²) in [6, 6.07) is 9.79. The Balaban J connectivity index is 1.42. The number of anilines is 1. The number of likely N-dealkylation sites (tertiary alicyclic amines) is 1. The van der Waals surface area contributed by atoms with Crippen molar-refractivity contribution in [3.05, 3.63) is 93.0 Å². The lowest BCUT2D eigenvalue weighted by Gasteiger charge is -2.49. The van der Waals surface area contributed by atoms with E-state index in [-0.39, 0.29) is 24.4 Å². The molecule has 0 spiro atoms. The highest BCUT2D eigenvalue weighted by molar-refractivity contribution is 6.33. The van der Waals surface area contributed by atoms with Gasteiger partial charge < -0.3 is 14.3 Å². The molecule has 6 atom stereocenters. The van der Waals surface area contributed by atoms with Crippen molar-refractivity contribution in [1.29, 1.82) is 0 Å². The third-order valence-corrected chi connectivity index (χ3v) is 10.6. The summed E-state index contributed by atoms with van der Waals surface area (Å²) in [7, 11) is 1.03. The van der Waals surface area contributed by atoms with E-state index in [1.165, 1.54) is 24.3 Å². The zero-order chi connectivity index (χ0) is 35.9. The number of imide groups is 4. The predicted octanol–water partition coefficient (Wildman–Crippen LogP) is 5.24. The van der Waals surface area contributed by atoms with Crippen molar-refractivity contribution in [2.75, 3.05) is 12.5 Å². The van der Waals surface area contributed by atoms with Crippen molar-refractivity contribution in [1.82, 2.24) is 14.9 Å². The number of ether oxygens (including phenoxy) is 1. The highest BCUT2D eigenvalue weighted by Gasteiger charge is 2.71. The summed E-state index contributed by atoms with van der Waals surface area (Å²) < 4.78 is 50.8. The number of fused-ring (bicyclic) bond motifs is 4. The number of hydrogen-bond donors (Lipinski definition) is 2. The van der Waals surface area contributed by atoms with Crippen molar-refractivity contribution in [3.63, 3.8) is 0 Å². The molecule has 6 unspecified atom stereocenters. The van der Waals surface area contributed by atoms with Gasteiger partial charge in [-0.15, -0.1) is 0 Å². The molecule has 3 fully saturated rings. The molecule has 3 aromatic rings. The number of allylic oxidation sites excluding steroid dienone is 2. The lowest BCUT2D eigenvalue weighted by atomic mass is 9.50. The SMILES string of the molecule is COC(=O)N1C(=O)C2CC=C3C(CC4C(=O)N(Nc5ncc(C(F)(F)F)cc5Cl)C(=O)C4(c4ccc(Cl)cc4)C3c3ccc(CO)o3)C2C1=O. The van der Waals surface area contributed by atoms with Crippen molar-refractivity contribution >= 4 is 58.7 Å². The lowest BCUT2D eigenvalue weighted by molar-refractivity contribution is -0.140. The van der Waals surface area contributed by atoms with Crippen molar-refractivity contribution < 1.29 is 51.4 Å². The number of alkyl halides is 3. The highest BCUT2D eigenvalue weighted by atomic mass is 35.5. The quantitative estimate of drug-likeness (QED) is 0.262. The van der Waals surface area contributed by atoms with Gasteiger partial charge in [-0.25, -0.2) is 9.78 Å². The zero-order valence-corrected chi connectivity index (χ0v) is 27.3. The number of furan rings is 1. The second kappa shape index (κ2) is 12.0. The van der Waals surface area contributed by atoms with Gasteiger partial charge in [-0.05, 0) is 54.7 Å². The number of aliphatic hydroxyl groups excluding tert-OH is 1. The van der Waals surface area contributed by atoms with Crippen LogP contribution in [0, 0.1) is 23.7 Å². The minimum atomic E-state index is -4.77. The molecule has 12 nitrogen and oxygen atoms in total. The number of benzene rings is 1. The molecule has 17 heteroatoms. The van der Waals surface area contributed by atoms with Crippen LogP contribution in [0.1, 0.15) is 41.4 Å². The third kappa shape index (κ3) is 4.85. The molecule has 50 heavy (non-hydrogen) atoms. The zero-order valence-electron chi connectivity index (χ0n) is 25.7. The van der Waals surface area contributed by atoms with Gasteiger partial charge in [0.2, 0.25) is 11.8 Å². The predicted molar refractivity (Wildman–Crippen MR) is 166 cm³/mol. The monoisotopic (exact) mass is 732 g/mol. The van der Waals surface area contributed by atoms with Gasteiger partial charge >= 0.3 is 12.3 Å². The number of nitrogens with zero attached hydrogens (tertiary/aromatic N) is 3. The molecular weight excluding hydrogens is 708 g/mol. The minimum absolute atomic E-state index is 0.00911. The van der Waals surface area contributed by atoms with E-state index in [2.05, 4.69) is 10.4 Å². The van der Waals surface area contributed by atoms with Crippen LogP contribution >= 0.6 is 23.2 Å². The summed E-state index contributed by atoms with van der Waals surface area (Å²) in [5.74, 6) is -8.69. The lowest BCUT2D eigenvalue weighted by Crippen LogP contribution is -2.53. The molecule has 5 amide bonds. The summed E-state index contributed by atoms with van der Waals surface area (Å²) in [6.07, 6.45) is -3.87. The number of hydrogen-bond acceptors (Lipinski definition) is 10. The summed E-state index contributed by atoms with van der Waals surface area (Å²) in [5.41, 5.74) is 0.358. The van der Waals surface area contributed by atoms with Crippen LogP contribution in [0.15, 0.2) is 64.7 Å². The summed E-state index contributed by atoms with van der Waals surface area (Å²) >= 11 is 12.4. The van der Waals surface area contributed by atoms with Gasteiger partial charge in [-0.2, -0.15) is 23.1 Å². The van der Waals surface area contributed by atoms with Gasteiger partial charge in [-0.3, -0.25) is 24.6 Å². The molecule has 7 rings (SSSR count). The van der Waals surface area contributed by atoms with Crippen LogP contribution in [-0.4, -0.2) is 56.8 Å². The fraction of sp³-hybridized carbons (Fsp3) is 0.333.